The Balaban J connectivity index is 1.66. The van der Waals surface area contributed by atoms with E-state index in [2.05, 4.69) is 25.1 Å². The van der Waals surface area contributed by atoms with Gasteiger partial charge in [-0.15, -0.1) is 0 Å². The lowest BCUT2D eigenvalue weighted by Gasteiger charge is -2.23. The summed E-state index contributed by atoms with van der Waals surface area (Å²) in [6.45, 7) is 2.16. The second-order valence-corrected chi connectivity index (χ2v) is 6.13. The number of fused-ring (bicyclic) bond motifs is 1. The summed E-state index contributed by atoms with van der Waals surface area (Å²) in [7, 11) is 0. The number of rotatable bonds is 3. The van der Waals surface area contributed by atoms with Gasteiger partial charge in [0.25, 0.3) is 0 Å². The molecular weight excluding hydrogens is 234 g/mol. The van der Waals surface area contributed by atoms with E-state index < -0.39 is 0 Å². The number of para-hydroxylation sites is 1. The number of carbonyl (C=O) groups excluding carboxylic acids is 1. The van der Waals surface area contributed by atoms with Gasteiger partial charge >= 0.3 is 0 Å². The summed E-state index contributed by atoms with van der Waals surface area (Å²) in [5.41, 5.74) is 2.47. The predicted octanol–water partition coefficient (Wildman–Crippen LogP) is 3.93. The van der Waals surface area contributed by atoms with Gasteiger partial charge in [0.05, 0.1) is 0 Å². The number of hydrogen-bond acceptors (Lipinski definition) is 1. The maximum Gasteiger partial charge on any atom is 0.227 e. The minimum atomic E-state index is 0.323. The largest absolute Gasteiger partial charge is 0.309 e. The molecular formula is C17H23NO. The van der Waals surface area contributed by atoms with Gasteiger partial charge in [-0.05, 0) is 37.3 Å². The summed E-state index contributed by atoms with van der Waals surface area (Å²) >= 11 is 0. The van der Waals surface area contributed by atoms with E-state index >= 15 is 0 Å². The molecule has 1 aliphatic carbocycles. The van der Waals surface area contributed by atoms with Crippen LogP contribution in [0.3, 0.4) is 0 Å². The first kappa shape index (κ1) is 12.7. The van der Waals surface area contributed by atoms with E-state index in [9.17, 15) is 4.79 Å². The number of hydrogen-bond donors (Lipinski definition) is 0. The molecule has 19 heavy (non-hydrogen) atoms. The molecule has 1 aliphatic heterocycles. The minimum absolute atomic E-state index is 0.323. The van der Waals surface area contributed by atoms with Crippen LogP contribution in [0.15, 0.2) is 24.3 Å². The molecule has 2 aliphatic rings. The Bertz CT molecular complexity index is 462. The molecule has 1 heterocycles. The first-order valence-electron chi connectivity index (χ1n) is 7.65. The lowest BCUT2D eigenvalue weighted by atomic mass is 10.0. The van der Waals surface area contributed by atoms with Gasteiger partial charge in [0, 0.05) is 18.2 Å². The van der Waals surface area contributed by atoms with E-state index in [0.717, 1.165) is 30.9 Å². The monoisotopic (exact) mass is 257 g/mol. The summed E-state index contributed by atoms with van der Waals surface area (Å²) in [6.07, 6.45) is 8.21. The Kier molecular flexibility index (Phi) is 3.58. The first-order chi connectivity index (χ1) is 9.25. The maximum absolute atomic E-state index is 12.5. The van der Waals surface area contributed by atoms with Crippen LogP contribution in [0.2, 0.25) is 0 Å². The third-order valence-electron chi connectivity index (χ3n) is 4.72. The number of carbonyl (C=O) groups is 1. The molecule has 1 atom stereocenters. The van der Waals surface area contributed by atoms with E-state index in [4.69, 9.17) is 0 Å². The summed E-state index contributed by atoms with van der Waals surface area (Å²) < 4.78 is 0. The summed E-state index contributed by atoms with van der Waals surface area (Å²) in [4.78, 5) is 14.5. The SMILES string of the molecule is CC1Cc2ccccc2N1C(=O)CCC1CCCC1. The average Bonchev–Trinajstić information content (AvgIpc) is 3.02. The van der Waals surface area contributed by atoms with Crippen molar-refractivity contribution in [3.05, 3.63) is 29.8 Å². The zero-order valence-corrected chi connectivity index (χ0v) is 11.8. The van der Waals surface area contributed by atoms with Gasteiger partial charge in [-0.25, -0.2) is 0 Å². The third-order valence-corrected chi connectivity index (χ3v) is 4.72. The van der Waals surface area contributed by atoms with Gasteiger partial charge in [-0.1, -0.05) is 43.9 Å². The van der Waals surface area contributed by atoms with Crippen molar-refractivity contribution in [2.45, 2.75) is 57.9 Å². The predicted molar refractivity (Wildman–Crippen MR) is 78.3 cm³/mol. The highest BCUT2D eigenvalue weighted by Crippen LogP contribution is 2.34. The van der Waals surface area contributed by atoms with Gasteiger partial charge in [0.2, 0.25) is 5.91 Å². The van der Waals surface area contributed by atoms with Crippen molar-refractivity contribution in [1.29, 1.82) is 0 Å². The standard InChI is InChI=1S/C17H23NO/c1-13-12-15-8-4-5-9-16(15)18(13)17(19)11-10-14-6-2-3-7-14/h4-5,8-9,13-14H,2-3,6-7,10-12H2,1H3. The quantitative estimate of drug-likeness (QED) is 0.803. The Hall–Kier alpha value is -1.31. The lowest BCUT2D eigenvalue weighted by Crippen LogP contribution is -2.35. The van der Waals surface area contributed by atoms with Crippen molar-refractivity contribution in [1.82, 2.24) is 0 Å². The topological polar surface area (TPSA) is 20.3 Å². The molecule has 0 N–H and O–H groups in total. The average molecular weight is 257 g/mol. The van der Waals surface area contributed by atoms with Gasteiger partial charge in [0.1, 0.15) is 0 Å². The molecule has 0 aromatic heterocycles. The highest BCUT2D eigenvalue weighted by molar-refractivity contribution is 5.96. The fraction of sp³-hybridized carbons (Fsp3) is 0.588. The van der Waals surface area contributed by atoms with E-state index in [0.29, 0.717) is 11.9 Å². The molecule has 1 aromatic carbocycles. The van der Waals surface area contributed by atoms with Crippen molar-refractivity contribution in [2.75, 3.05) is 4.90 Å². The van der Waals surface area contributed by atoms with Crippen LogP contribution in [0, 0.1) is 5.92 Å². The minimum Gasteiger partial charge on any atom is -0.309 e. The zero-order valence-electron chi connectivity index (χ0n) is 11.8. The van der Waals surface area contributed by atoms with Gasteiger partial charge < -0.3 is 4.90 Å². The first-order valence-corrected chi connectivity index (χ1v) is 7.65. The molecule has 0 saturated heterocycles. The van der Waals surface area contributed by atoms with E-state index in [1.165, 1.54) is 31.2 Å². The van der Waals surface area contributed by atoms with Crippen LogP contribution in [0.1, 0.15) is 51.0 Å². The molecule has 0 bridgehead atoms. The molecule has 1 unspecified atom stereocenters. The van der Waals surface area contributed by atoms with Crippen LogP contribution in [0.5, 0.6) is 0 Å². The van der Waals surface area contributed by atoms with Crippen molar-refractivity contribution < 1.29 is 4.79 Å². The van der Waals surface area contributed by atoms with Crippen molar-refractivity contribution in [3.8, 4) is 0 Å². The van der Waals surface area contributed by atoms with Gasteiger partial charge in [-0.2, -0.15) is 0 Å². The van der Waals surface area contributed by atoms with Crippen molar-refractivity contribution in [2.24, 2.45) is 5.92 Å². The molecule has 0 radical (unpaired) electrons. The van der Waals surface area contributed by atoms with Crippen LogP contribution in [-0.2, 0) is 11.2 Å². The highest BCUT2D eigenvalue weighted by atomic mass is 16.2. The van der Waals surface area contributed by atoms with Crippen LogP contribution in [-0.4, -0.2) is 11.9 Å². The van der Waals surface area contributed by atoms with Crippen molar-refractivity contribution >= 4 is 11.6 Å². The summed E-state index contributed by atoms with van der Waals surface area (Å²) in [5, 5.41) is 0. The molecule has 1 aromatic rings. The van der Waals surface area contributed by atoms with E-state index in [1.54, 1.807) is 0 Å². The maximum atomic E-state index is 12.5. The zero-order chi connectivity index (χ0) is 13.2. The Morgan fingerprint density at radius 1 is 1.26 bits per heavy atom. The van der Waals surface area contributed by atoms with Gasteiger partial charge in [-0.3, -0.25) is 4.79 Å². The number of amides is 1. The molecule has 0 spiro atoms. The third kappa shape index (κ3) is 2.54. The lowest BCUT2D eigenvalue weighted by molar-refractivity contribution is -0.119. The molecule has 3 rings (SSSR count). The van der Waals surface area contributed by atoms with E-state index in [1.807, 2.05) is 11.0 Å². The summed E-state index contributed by atoms with van der Waals surface area (Å²) in [6, 6.07) is 8.67. The van der Waals surface area contributed by atoms with Crippen LogP contribution >= 0.6 is 0 Å². The molecule has 2 heteroatoms. The van der Waals surface area contributed by atoms with Gasteiger partial charge in [0.15, 0.2) is 0 Å². The summed E-state index contributed by atoms with van der Waals surface area (Å²) in [5.74, 6) is 1.13. The normalized spacial score (nSPS) is 22.8. The second kappa shape index (κ2) is 5.36. The fourth-order valence-corrected chi connectivity index (χ4v) is 3.69. The number of nitrogens with zero attached hydrogens (tertiary/aromatic N) is 1. The fourth-order valence-electron chi connectivity index (χ4n) is 3.69. The molecule has 1 saturated carbocycles. The Morgan fingerprint density at radius 3 is 2.79 bits per heavy atom. The van der Waals surface area contributed by atoms with Crippen LogP contribution < -0.4 is 4.90 Å². The van der Waals surface area contributed by atoms with E-state index in [-0.39, 0.29) is 0 Å². The number of benzene rings is 1. The molecule has 102 valence electrons. The van der Waals surface area contributed by atoms with Crippen molar-refractivity contribution in [3.63, 3.8) is 0 Å². The van der Waals surface area contributed by atoms with Crippen LogP contribution in [0.25, 0.3) is 0 Å². The number of anilines is 1. The second-order valence-electron chi connectivity index (χ2n) is 6.13. The smallest absolute Gasteiger partial charge is 0.227 e. The Labute approximate surface area is 115 Å². The Morgan fingerprint density at radius 2 is 2.00 bits per heavy atom. The molecule has 1 fully saturated rings. The van der Waals surface area contributed by atoms with Crippen LogP contribution in [0.4, 0.5) is 5.69 Å². The highest BCUT2D eigenvalue weighted by Gasteiger charge is 2.30. The molecule has 1 amide bonds. The molecule has 2 nitrogen and oxygen atoms in total.